The van der Waals surface area contributed by atoms with Crippen molar-refractivity contribution in [3.8, 4) is 11.5 Å². The summed E-state index contributed by atoms with van der Waals surface area (Å²) in [5.74, 6) is 1.07. The molecule has 1 atom stereocenters. The lowest BCUT2D eigenvalue weighted by atomic mass is 9.91. The summed E-state index contributed by atoms with van der Waals surface area (Å²) in [7, 11) is -0.332. The second kappa shape index (κ2) is 8.51. The van der Waals surface area contributed by atoms with Gasteiger partial charge in [0.25, 0.3) is 0 Å². The quantitative estimate of drug-likeness (QED) is 0.694. The molecule has 1 unspecified atom stereocenters. The molecule has 0 amide bonds. The van der Waals surface area contributed by atoms with E-state index in [4.69, 9.17) is 15.2 Å². The van der Waals surface area contributed by atoms with Crippen LogP contribution in [0.15, 0.2) is 35.2 Å². The molecule has 0 spiro atoms. The predicted molar refractivity (Wildman–Crippen MR) is 116 cm³/mol. The number of methoxy groups -OCH3 is 2. The van der Waals surface area contributed by atoms with E-state index in [1.807, 2.05) is 25.1 Å². The standard InChI is InChI=1S/C21H29N3O4S/c1-14(15-9-17(27-2)13-18(10-15)28-3)19-11-16(24-7-5-23-6-8-24)12-20(22)21(19)29(4,25)26/h9-14,23H,5-8,22H2,1-4H3. The first-order valence-electron chi connectivity index (χ1n) is 9.56. The number of piperazine rings is 1. The molecule has 158 valence electrons. The third-order valence-electron chi connectivity index (χ3n) is 5.32. The Morgan fingerprint density at radius 3 is 2.14 bits per heavy atom. The summed E-state index contributed by atoms with van der Waals surface area (Å²) in [5, 5.41) is 3.33. The van der Waals surface area contributed by atoms with Crippen molar-refractivity contribution in [2.45, 2.75) is 17.7 Å². The summed E-state index contributed by atoms with van der Waals surface area (Å²) >= 11 is 0. The van der Waals surface area contributed by atoms with Crippen molar-refractivity contribution in [1.82, 2.24) is 5.32 Å². The van der Waals surface area contributed by atoms with Crippen LogP contribution in [0.3, 0.4) is 0 Å². The average molecular weight is 420 g/mol. The molecule has 0 bridgehead atoms. The molecule has 8 heteroatoms. The Hall–Kier alpha value is -2.45. The molecular formula is C21H29N3O4S. The fraction of sp³-hybridized carbons (Fsp3) is 0.429. The first-order chi connectivity index (χ1) is 13.7. The van der Waals surface area contributed by atoms with Gasteiger partial charge in [0.1, 0.15) is 11.5 Å². The third-order valence-corrected chi connectivity index (χ3v) is 6.54. The molecule has 2 aromatic rings. The molecule has 0 aliphatic carbocycles. The average Bonchev–Trinajstić information content (AvgIpc) is 2.71. The third kappa shape index (κ3) is 4.59. The fourth-order valence-corrected chi connectivity index (χ4v) is 4.92. The second-order valence-electron chi connectivity index (χ2n) is 7.33. The zero-order chi connectivity index (χ0) is 21.2. The van der Waals surface area contributed by atoms with E-state index in [2.05, 4.69) is 10.2 Å². The highest BCUT2D eigenvalue weighted by Crippen LogP contribution is 2.38. The molecule has 1 aliphatic rings. The van der Waals surface area contributed by atoms with Crippen LogP contribution in [0.25, 0.3) is 0 Å². The van der Waals surface area contributed by atoms with Gasteiger partial charge in [0, 0.05) is 50.1 Å². The molecule has 2 aromatic carbocycles. The van der Waals surface area contributed by atoms with Gasteiger partial charge in [0.05, 0.1) is 24.8 Å². The number of hydrogen-bond acceptors (Lipinski definition) is 7. The number of nitrogens with two attached hydrogens (primary N) is 1. The number of nitrogens with one attached hydrogen (secondary N) is 1. The number of nitrogens with zero attached hydrogens (tertiary/aromatic N) is 1. The number of rotatable bonds is 6. The molecule has 1 saturated heterocycles. The lowest BCUT2D eigenvalue weighted by Gasteiger charge is -2.31. The summed E-state index contributed by atoms with van der Waals surface area (Å²) in [4.78, 5) is 2.41. The molecule has 0 radical (unpaired) electrons. The number of nitrogen functional groups attached to an aromatic ring is 1. The van der Waals surface area contributed by atoms with Crippen LogP contribution < -0.4 is 25.4 Å². The van der Waals surface area contributed by atoms with Crippen molar-refractivity contribution in [1.29, 1.82) is 0 Å². The van der Waals surface area contributed by atoms with Crippen molar-refractivity contribution >= 4 is 21.2 Å². The molecule has 1 fully saturated rings. The molecule has 0 aromatic heterocycles. The lowest BCUT2D eigenvalue weighted by molar-refractivity contribution is 0.393. The van der Waals surface area contributed by atoms with E-state index in [9.17, 15) is 8.42 Å². The van der Waals surface area contributed by atoms with Gasteiger partial charge in [-0.25, -0.2) is 8.42 Å². The SMILES string of the molecule is COc1cc(OC)cc(C(C)c2cc(N3CCNCC3)cc(N)c2S(C)(=O)=O)c1. The summed E-state index contributed by atoms with van der Waals surface area (Å²) in [6.45, 7) is 5.42. The van der Waals surface area contributed by atoms with Gasteiger partial charge in [-0.2, -0.15) is 0 Å². The van der Waals surface area contributed by atoms with E-state index in [0.29, 0.717) is 17.1 Å². The lowest BCUT2D eigenvalue weighted by Crippen LogP contribution is -2.43. The summed E-state index contributed by atoms with van der Waals surface area (Å²) in [6.07, 6.45) is 1.20. The summed E-state index contributed by atoms with van der Waals surface area (Å²) in [6, 6.07) is 9.30. The van der Waals surface area contributed by atoms with Crippen LogP contribution in [0, 0.1) is 0 Å². The Labute approximate surface area is 172 Å². The smallest absolute Gasteiger partial charge is 0.177 e. The van der Waals surface area contributed by atoms with Gasteiger partial charge >= 0.3 is 0 Å². The number of ether oxygens (including phenoxy) is 2. The highest BCUT2D eigenvalue weighted by molar-refractivity contribution is 7.91. The van der Waals surface area contributed by atoms with Gasteiger partial charge in [-0.1, -0.05) is 6.92 Å². The molecule has 7 nitrogen and oxygen atoms in total. The van der Waals surface area contributed by atoms with E-state index in [1.54, 1.807) is 26.4 Å². The van der Waals surface area contributed by atoms with Crippen LogP contribution in [0.4, 0.5) is 11.4 Å². The Balaban J connectivity index is 2.16. The Morgan fingerprint density at radius 2 is 1.62 bits per heavy atom. The molecule has 3 rings (SSSR count). The van der Waals surface area contributed by atoms with Crippen LogP contribution in [0.5, 0.6) is 11.5 Å². The van der Waals surface area contributed by atoms with Crippen LogP contribution >= 0.6 is 0 Å². The minimum Gasteiger partial charge on any atom is -0.497 e. The van der Waals surface area contributed by atoms with E-state index in [0.717, 1.165) is 37.4 Å². The minimum atomic E-state index is -3.51. The molecule has 29 heavy (non-hydrogen) atoms. The van der Waals surface area contributed by atoms with Crippen molar-refractivity contribution in [2.24, 2.45) is 0 Å². The van der Waals surface area contributed by atoms with E-state index < -0.39 is 9.84 Å². The van der Waals surface area contributed by atoms with Crippen molar-refractivity contribution in [3.63, 3.8) is 0 Å². The summed E-state index contributed by atoms with van der Waals surface area (Å²) in [5.41, 5.74) is 9.06. The van der Waals surface area contributed by atoms with Gasteiger partial charge in [0.2, 0.25) is 0 Å². The number of benzene rings is 2. The zero-order valence-electron chi connectivity index (χ0n) is 17.4. The number of anilines is 2. The highest BCUT2D eigenvalue weighted by atomic mass is 32.2. The maximum atomic E-state index is 12.6. The molecule has 1 heterocycles. The van der Waals surface area contributed by atoms with Crippen LogP contribution in [-0.4, -0.2) is 55.1 Å². The van der Waals surface area contributed by atoms with Gasteiger partial charge < -0.3 is 25.4 Å². The van der Waals surface area contributed by atoms with E-state index >= 15 is 0 Å². The zero-order valence-corrected chi connectivity index (χ0v) is 18.2. The maximum absolute atomic E-state index is 12.6. The Kier molecular flexibility index (Phi) is 6.24. The molecular weight excluding hydrogens is 390 g/mol. The monoisotopic (exact) mass is 419 g/mol. The largest absolute Gasteiger partial charge is 0.497 e. The molecule has 0 saturated carbocycles. The van der Waals surface area contributed by atoms with Gasteiger partial charge in [0.15, 0.2) is 9.84 Å². The number of sulfone groups is 1. The van der Waals surface area contributed by atoms with E-state index in [-0.39, 0.29) is 16.5 Å². The number of hydrogen-bond donors (Lipinski definition) is 2. The van der Waals surface area contributed by atoms with Crippen LogP contribution in [0.1, 0.15) is 24.0 Å². The van der Waals surface area contributed by atoms with Gasteiger partial charge in [-0.15, -0.1) is 0 Å². The highest BCUT2D eigenvalue weighted by Gasteiger charge is 2.25. The fourth-order valence-electron chi connectivity index (χ4n) is 3.77. The topological polar surface area (TPSA) is 93.9 Å². The molecule has 1 aliphatic heterocycles. The van der Waals surface area contributed by atoms with Crippen LogP contribution in [-0.2, 0) is 9.84 Å². The normalized spacial score (nSPS) is 15.8. The predicted octanol–water partition coefficient (Wildman–Crippen LogP) is 2.25. The minimum absolute atomic E-state index is 0.186. The molecule has 3 N–H and O–H groups in total. The van der Waals surface area contributed by atoms with E-state index in [1.165, 1.54) is 6.26 Å². The van der Waals surface area contributed by atoms with Crippen molar-refractivity contribution in [3.05, 3.63) is 41.5 Å². The maximum Gasteiger partial charge on any atom is 0.177 e. The first-order valence-corrected chi connectivity index (χ1v) is 11.5. The van der Waals surface area contributed by atoms with Crippen molar-refractivity contribution < 1.29 is 17.9 Å². The van der Waals surface area contributed by atoms with Gasteiger partial charge in [-0.3, -0.25) is 0 Å². The Morgan fingerprint density at radius 1 is 1.03 bits per heavy atom. The Bertz CT molecular complexity index is 963. The summed E-state index contributed by atoms with van der Waals surface area (Å²) < 4.78 is 36.0. The van der Waals surface area contributed by atoms with Crippen molar-refractivity contribution in [2.75, 3.05) is 57.3 Å². The van der Waals surface area contributed by atoms with Crippen LogP contribution in [0.2, 0.25) is 0 Å². The first kappa shape index (κ1) is 21.3. The van der Waals surface area contributed by atoms with Gasteiger partial charge in [-0.05, 0) is 35.4 Å². The second-order valence-corrected chi connectivity index (χ2v) is 9.28.